The van der Waals surface area contributed by atoms with Crippen molar-refractivity contribution in [2.75, 3.05) is 0 Å². The molecule has 1 atom stereocenters. The van der Waals surface area contributed by atoms with Crippen LogP contribution in [0.15, 0.2) is 11.8 Å². The number of halogens is 8. The Morgan fingerprint density at radius 3 is 1.56 bits per heavy atom. The first-order valence-electron chi connectivity index (χ1n) is 3.67. The third-order valence-electron chi connectivity index (χ3n) is 1.57. The molecule has 0 N–H and O–H groups in total. The Bertz CT molecular complexity index is 285. The molecule has 0 aromatic heterocycles. The van der Waals surface area contributed by atoms with Gasteiger partial charge in [-0.25, -0.2) is 8.78 Å². The van der Waals surface area contributed by atoms with Crippen molar-refractivity contribution in [2.45, 2.75) is 31.8 Å². The van der Waals surface area contributed by atoms with Crippen molar-refractivity contribution < 1.29 is 39.9 Å². The molecule has 0 aromatic rings. The lowest BCUT2D eigenvalue weighted by molar-refractivity contribution is -0.371. The van der Waals surface area contributed by atoms with Crippen molar-refractivity contribution in [1.29, 1.82) is 0 Å². The standard InChI is InChI=1S/C7H6F8O/c1-3(8)4(9)16-7(14,15)5(2,10)6(11,12)13/h1-2H3/b4-3-. The molecule has 0 bridgehead atoms. The lowest BCUT2D eigenvalue weighted by atomic mass is 10.1. The summed E-state index contributed by atoms with van der Waals surface area (Å²) in [5.41, 5.74) is -5.15. The van der Waals surface area contributed by atoms with Crippen LogP contribution >= 0.6 is 0 Å². The first-order valence-corrected chi connectivity index (χ1v) is 3.67. The van der Waals surface area contributed by atoms with Crippen LogP contribution in [0.5, 0.6) is 0 Å². The lowest BCUT2D eigenvalue weighted by Crippen LogP contribution is -2.54. The van der Waals surface area contributed by atoms with Gasteiger partial charge in [-0.3, -0.25) is 0 Å². The lowest BCUT2D eigenvalue weighted by Gasteiger charge is -2.30. The van der Waals surface area contributed by atoms with Gasteiger partial charge in [-0.1, -0.05) is 0 Å². The maximum absolute atomic E-state index is 12.7. The smallest absolute Gasteiger partial charge is 0.402 e. The van der Waals surface area contributed by atoms with Gasteiger partial charge in [0, 0.05) is 0 Å². The molecule has 0 amide bonds. The van der Waals surface area contributed by atoms with Gasteiger partial charge < -0.3 is 4.74 Å². The quantitative estimate of drug-likeness (QED) is 0.548. The Labute approximate surface area is 84.7 Å². The van der Waals surface area contributed by atoms with Crippen LogP contribution in [0.25, 0.3) is 0 Å². The van der Waals surface area contributed by atoms with Crippen LogP contribution in [0.1, 0.15) is 13.8 Å². The van der Waals surface area contributed by atoms with E-state index in [9.17, 15) is 35.1 Å². The molecule has 0 aliphatic heterocycles. The predicted molar refractivity (Wildman–Crippen MR) is 36.5 cm³/mol. The third kappa shape index (κ3) is 2.76. The molecule has 0 radical (unpaired) electrons. The van der Waals surface area contributed by atoms with E-state index in [2.05, 4.69) is 4.74 Å². The third-order valence-corrected chi connectivity index (χ3v) is 1.57. The topological polar surface area (TPSA) is 9.23 Å². The van der Waals surface area contributed by atoms with Crippen molar-refractivity contribution in [2.24, 2.45) is 0 Å². The highest BCUT2D eigenvalue weighted by atomic mass is 19.4. The minimum Gasteiger partial charge on any atom is -0.402 e. The highest BCUT2D eigenvalue weighted by Gasteiger charge is 2.70. The molecular weight excluding hydrogens is 252 g/mol. The van der Waals surface area contributed by atoms with E-state index in [-0.39, 0.29) is 0 Å². The summed E-state index contributed by atoms with van der Waals surface area (Å²) >= 11 is 0. The summed E-state index contributed by atoms with van der Waals surface area (Å²) in [5, 5.41) is 0. The summed E-state index contributed by atoms with van der Waals surface area (Å²) in [6.45, 7) is -0.234. The van der Waals surface area contributed by atoms with E-state index >= 15 is 0 Å². The van der Waals surface area contributed by atoms with Crippen LogP contribution in [0.3, 0.4) is 0 Å². The van der Waals surface area contributed by atoms with E-state index in [1.54, 1.807) is 0 Å². The average molecular weight is 258 g/mol. The average Bonchev–Trinajstić information content (AvgIpc) is 2.00. The van der Waals surface area contributed by atoms with Gasteiger partial charge in [0.05, 0.1) is 0 Å². The Morgan fingerprint density at radius 1 is 0.938 bits per heavy atom. The number of alkyl halides is 6. The van der Waals surface area contributed by atoms with Gasteiger partial charge in [0.25, 0.3) is 0 Å². The fourth-order valence-corrected chi connectivity index (χ4v) is 0.444. The number of ether oxygens (including phenoxy) is 1. The molecule has 0 saturated heterocycles. The maximum Gasteiger partial charge on any atom is 0.443 e. The van der Waals surface area contributed by atoms with Gasteiger partial charge >= 0.3 is 24.0 Å². The minimum absolute atomic E-state index is 0.314. The van der Waals surface area contributed by atoms with E-state index in [1.807, 2.05) is 0 Å². The zero-order valence-electron chi connectivity index (χ0n) is 7.93. The van der Waals surface area contributed by atoms with Crippen LogP contribution < -0.4 is 0 Å². The Morgan fingerprint density at radius 2 is 1.31 bits per heavy atom. The molecule has 0 saturated carbocycles. The summed E-state index contributed by atoms with van der Waals surface area (Å²) < 4.78 is 100. The van der Waals surface area contributed by atoms with Crippen LogP contribution in [0.2, 0.25) is 0 Å². The molecule has 0 heterocycles. The van der Waals surface area contributed by atoms with Crippen LogP contribution in [0.4, 0.5) is 35.1 Å². The SMILES string of the molecule is C/C(F)=C(\F)OC(F)(F)C(C)(F)C(F)(F)F. The zero-order chi connectivity index (χ0) is 13.4. The summed E-state index contributed by atoms with van der Waals surface area (Å²) in [6, 6.07) is -2.61. The number of hydrogen-bond donors (Lipinski definition) is 0. The van der Waals surface area contributed by atoms with Gasteiger partial charge in [0.1, 0.15) is 0 Å². The van der Waals surface area contributed by atoms with Crippen molar-refractivity contribution in [3.8, 4) is 0 Å². The molecule has 0 rings (SSSR count). The van der Waals surface area contributed by atoms with E-state index in [4.69, 9.17) is 0 Å². The molecule has 1 nitrogen and oxygen atoms in total. The second-order valence-corrected chi connectivity index (χ2v) is 2.93. The van der Waals surface area contributed by atoms with Gasteiger partial charge in [0.2, 0.25) is 0 Å². The van der Waals surface area contributed by atoms with Crippen LogP contribution in [0, 0.1) is 0 Å². The summed E-state index contributed by atoms with van der Waals surface area (Å²) in [5.74, 6) is -1.93. The van der Waals surface area contributed by atoms with E-state index < -0.39 is 36.7 Å². The minimum atomic E-state index is -6.00. The molecule has 0 aliphatic carbocycles. The van der Waals surface area contributed by atoms with E-state index in [0.29, 0.717) is 6.92 Å². The summed E-state index contributed by atoms with van der Waals surface area (Å²) in [4.78, 5) is 0. The highest BCUT2D eigenvalue weighted by molar-refractivity contribution is 4.95. The fraction of sp³-hybridized carbons (Fsp3) is 0.714. The van der Waals surface area contributed by atoms with E-state index in [1.165, 1.54) is 0 Å². The molecule has 0 aromatic carbocycles. The molecule has 16 heavy (non-hydrogen) atoms. The van der Waals surface area contributed by atoms with Crippen molar-refractivity contribution in [1.82, 2.24) is 0 Å². The van der Waals surface area contributed by atoms with Crippen molar-refractivity contribution in [3.05, 3.63) is 11.8 Å². The summed E-state index contributed by atoms with van der Waals surface area (Å²) in [7, 11) is 0. The van der Waals surface area contributed by atoms with Crippen molar-refractivity contribution >= 4 is 0 Å². The Kier molecular flexibility index (Phi) is 3.83. The number of rotatable bonds is 3. The van der Waals surface area contributed by atoms with E-state index in [0.717, 1.165) is 0 Å². The monoisotopic (exact) mass is 258 g/mol. The van der Waals surface area contributed by atoms with Gasteiger partial charge in [-0.05, 0) is 13.8 Å². The molecule has 0 spiro atoms. The second kappa shape index (κ2) is 4.10. The molecule has 1 unspecified atom stereocenters. The van der Waals surface area contributed by atoms with Gasteiger partial charge in [-0.15, -0.1) is 0 Å². The molecule has 96 valence electrons. The number of allylic oxidation sites excluding steroid dienone is 1. The Hall–Kier alpha value is -1.02. The first kappa shape index (κ1) is 15.0. The highest BCUT2D eigenvalue weighted by Crippen LogP contribution is 2.46. The molecule has 0 fully saturated rings. The van der Waals surface area contributed by atoms with Crippen molar-refractivity contribution in [3.63, 3.8) is 0 Å². The zero-order valence-corrected chi connectivity index (χ0v) is 7.93. The van der Waals surface area contributed by atoms with Crippen LogP contribution in [-0.2, 0) is 4.74 Å². The fourth-order valence-electron chi connectivity index (χ4n) is 0.444. The van der Waals surface area contributed by atoms with Gasteiger partial charge in [-0.2, -0.15) is 26.3 Å². The number of hydrogen-bond acceptors (Lipinski definition) is 1. The summed E-state index contributed by atoms with van der Waals surface area (Å²) in [6.07, 6.45) is -11.6. The second-order valence-electron chi connectivity index (χ2n) is 2.93. The molecule has 0 aliphatic rings. The normalized spacial score (nSPS) is 18.9. The predicted octanol–water partition coefficient (Wildman–Crippen LogP) is 4.01. The molecular formula is C7H6F8O. The maximum atomic E-state index is 12.7. The van der Waals surface area contributed by atoms with Crippen LogP contribution in [-0.4, -0.2) is 18.0 Å². The first-order chi connectivity index (χ1) is 6.83. The van der Waals surface area contributed by atoms with Gasteiger partial charge in [0.15, 0.2) is 5.83 Å². The Balaban J connectivity index is 5.15. The largest absolute Gasteiger partial charge is 0.443 e. The molecule has 9 heteroatoms.